The van der Waals surface area contributed by atoms with Gasteiger partial charge >= 0.3 is 6.18 Å². The Morgan fingerprint density at radius 1 is 1.12 bits per heavy atom. The second kappa shape index (κ2) is 5.43. The summed E-state index contributed by atoms with van der Waals surface area (Å²) in [5.74, 6) is -0.811. The maximum atomic E-state index is 12.9. The van der Waals surface area contributed by atoms with E-state index in [2.05, 4.69) is 10.3 Å². The third-order valence-electron chi connectivity index (χ3n) is 4.32. The van der Waals surface area contributed by atoms with Gasteiger partial charge in [0.15, 0.2) is 0 Å². The molecule has 1 amide bonds. The second-order valence-corrected chi connectivity index (χ2v) is 6.34. The highest BCUT2D eigenvalue weighted by Gasteiger charge is 2.45. The van der Waals surface area contributed by atoms with E-state index in [0.29, 0.717) is 10.5 Å². The standard InChI is InChI=1S/C18H10ClF3N2O2/c19-13-3-1-2-9-4-7-14(23-15(9)13)17(26)12-6-5-10(18(20,21)22)8-11(12)16(25)24-17/h1-8,26H,(H,24,25). The van der Waals surface area contributed by atoms with Crippen LogP contribution in [0, 0.1) is 0 Å². The van der Waals surface area contributed by atoms with Gasteiger partial charge in [-0.2, -0.15) is 13.2 Å². The molecule has 2 aromatic carbocycles. The molecule has 0 aliphatic carbocycles. The molecule has 1 unspecified atom stereocenters. The molecule has 26 heavy (non-hydrogen) atoms. The monoisotopic (exact) mass is 378 g/mol. The second-order valence-electron chi connectivity index (χ2n) is 5.93. The van der Waals surface area contributed by atoms with E-state index < -0.39 is 23.4 Å². The summed E-state index contributed by atoms with van der Waals surface area (Å²) in [6.45, 7) is 0. The number of fused-ring (bicyclic) bond motifs is 2. The molecule has 132 valence electrons. The third kappa shape index (κ3) is 2.43. The van der Waals surface area contributed by atoms with Crippen molar-refractivity contribution in [3.8, 4) is 0 Å². The topological polar surface area (TPSA) is 62.2 Å². The Labute approximate surface area is 150 Å². The van der Waals surface area contributed by atoms with E-state index in [0.717, 1.165) is 23.6 Å². The molecule has 1 aliphatic heterocycles. The van der Waals surface area contributed by atoms with Crippen molar-refractivity contribution in [2.45, 2.75) is 11.9 Å². The number of pyridine rings is 1. The molecule has 0 saturated carbocycles. The molecule has 8 heteroatoms. The number of nitrogens with zero attached hydrogens (tertiary/aromatic N) is 1. The van der Waals surface area contributed by atoms with Crippen LogP contribution < -0.4 is 5.32 Å². The molecule has 2 heterocycles. The van der Waals surface area contributed by atoms with E-state index >= 15 is 0 Å². The molecule has 4 nitrogen and oxygen atoms in total. The fourth-order valence-corrected chi connectivity index (χ4v) is 3.26. The van der Waals surface area contributed by atoms with E-state index in [9.17, 15) is 23.1 Å². The molecule has 4 rings (SSSR count). The summed E-state index contributed by atoms with van der Waals surface area (Å²) in [7, 11) is 0. The van der Waals surface area contributed by atoms with Crippen molar-refractivity contribution in [3.63, 3.8) is 0 Å². The van der Waals surface area contributed by atoms with E-state index in [4.69, 9.17) is 11.6 Å². The van der Waals surface area contributed by atoms with Gasteiger partial charge in [-0.25, -0.2) is 4.98 Å². The number of nitrogens with one attached hydrogen (secondary N) is 1. The van der Waals surface area contributed by atoms with Crippen molar-refractivity contribution in [2.24, 2.45) is 0 Å². The summed E-state index contributed by atoms with van der Waals surface area (Å²) in [5, 5.41) is 14.4. The lowest BCUT2D eigenvalue weighted by molar-refractivity contribution is -0.137. The van der Waals surface area contributed by atoms with Crippen molar-refractivity contribution < 1.29 is 23.1 Å². The maximum Gasteiger partial charge on any atom is 0.416 e. The molecule has 0 spiro atoms. The summed E-state index contributed by atoms with van der Waals surface area (Å²) in [6, 6.07) is 10.9. The molecule has 0 bridgehead atoms. The number of carbonyl (C=O) groups is 1. The summed E-state index contributed by atoms with van der Waals surface area (Å²) in [4.78, 5) is 16.5. The van der Waals surface area contributed by atoms with Gasteiger partial charge in [0.1, 0.15) is 0 Å². The Hall–Kier alpha value is -2.64. The minimum absolute atomic E-state index is 0.00871. The molecule has 2 N–H and O–H groups in total. The van der Waals surface area contributed by atoms with Gasteiger partial charge in [-0.15, -0.1) is 0 Å². The number of carbonyl (C=O) groups excluding carboxylic acids is 1. The molecule has 0 saturated heterocycles. The summed E-state index contributed by atoms with van der Waals surface area (Å²) in [5.41, 5.74) is -2.77. The van der Waals surface area contributed by atoms with Crippen LogP contribution in [-0.2, 0) is 11.9 Å². The fraction of sp³-hybridized carbons (Fsp3) is 0.111. The summed E-state index contributed by atoms with van der Waals surface area (Å²) in [6.07, 6.45) is -4.59. The van der Waals surface area contributed by atoms with Crippen molar-refractivity contribution in [1.29, 1.82) is 0 Å². The van der Waals surface area contributed by atoms with Crippen molar-refractivity contribution >= 4 is 28.4 Å². The number of halogens is 4. The van der Waals surface area contributed by atoms with Crippen LogP contribution in [0.5, 0.6) is 0 Å². The zero-order valence-electron chi connectivity index (χ0n) is 12.9. The smallest absolute Gasteiger partial charge is 0.362 e. The van der Waals surface area contributed by atoms with Crippen LogP contribution in [0.3, 0.4) is 0 Å². The molecular weight excluding hydrogens is 369 g/mol. The van der Waals surface area contributed by atoms with Crippen LogP contribution in [0.25, 0.3) is 10.9 Å². The number of alkyl halides is 3. The Kier molecular flexibility index (Phi) is 3.51. The zero-order chi connectivity index (χ0) is 18.7. The van der Waals surface area contributed by atoms with Crippen LogP contribution in [0.15, 0.2) is 48.5 Å². The number of aromatic nitrogens is 1. The van der Waals surface area contributed by atoms with Crippen LogP contribution >= 0.6 is 11.6 Å². The molecule has 1 atom stereocenters. The molecule has 0 fully saturated rings. The highest BCUT2D eigenvalue weighted by Crippen LogP contribution is 2.38. The fourth-order valence-electron chi connectivity index (χ4n) is 3.04. The first-order valence-electron chi connectivity index (χ1n) is 7.52. The highest BCUT2D eigenvalue weighted by atomic mass is 35.5. The average molecular weight is 379 g/mol. The lowest BCUT2D eigenvalue weighted by atomic mass is 9.96. The van der Waals surface area contributed by atoms with E-state index in [1.165, 1.54) is 6.07 Å². The SMILES string of the molecule is O=C1NC(O)(c2ccc3cccc(Cl)c3n2)c2ccc(C(F)(F)F)cc21. The number of hydrogen-bond donors (Lipinski definition) is 2. The predicted octanol–water partition coefficient (Wildman–Crippen LogP) is 3.84. The maximum absolute atomic E-state index is 12.9. The van der Waals surface area contributed by atoms with E-state index in [1.54, 1.807) is 24.3 Å². The van der Waals surface area contributed by atoms with Crippen molar-refractivity contribution in [3.05, 3.63) is 75.9 Å². The van der Waals surface area contributed by atoms with Crippen LogP contribution in [-0.4, -0.2) is 16.0 Å². The quantitative estimate of drug-likeness (QED) is 0.676. The van der Waals surface area contributed by atoms with E-state index in [-0.39, 0.29) is 16.8 Å². The lowest BCUT2D eigenvalue weighted by Crippen LogP contribution is -2.40. The first-order valence-corrected chi connectivity index (χ1v) is 7.90. The number of rotatable bonds is 1. The minimum atomic E-state index is -4.59. The van der Waals surface area contributed by atoms with Gasteiger partial charge in [0.05, 0.1) is 21.8 Å². The van der Waals surface area contributed by atoms with Gasteiger partial charge in [0.2, 0.25) is 5.72 Å². The number of hydrogen-bond acceptors (Lipinski definition) is 3. The Morgan fingerprint density at radius 2 is 1.88 bits per heavy atom. The summed E-state index contributed by atoms with van der Waals surface area (Å²) >= 11 is 6.12. The van der Waals surface area contributed by atoms with Crippen LogP contribution in [0.2, 0.25) is 5.02 Å². The molecule has 3 aromatic rings. The van der Waals surface area contributed by atoms with Gasteiger partial charge in [0.25, 0.3) is 5.91 Å². The molecule has 0 radical (unpaired) electrons. The number of aliphatic hydroxyl groups is 1. The Bertz CT molecular complexity index is 1070. The Balaban J connectivity index is 1.89. The summed E-state index contributed by atoms with van der Waals surface area (Å²) < 4.78 is 38.7. The van der Waals surface area contributed by atoms with Crippen LogP contribution in [0.1, 0.15) is 27.2 Å². The largest absolute Gasteiger partial charge is 0.416 e. The molecule has 1 aliphatic rings. The normalized spacial score (nSPS) is 19.5. The minimum Gasteiger partial charge on any atom is -0.362 e. The molecular formula is C18H10ClF3N2O2. The molecule has 1 aromatic heterocycles. The van der Waals surface area contributed by atoms with Gasteiger partial charge in [-0.3, -0.25) is 4.79 Å². The number of para-hydroxylation sites is 1. The predicted molar refractivity (Wildman–Crippen MR) is 88.7 cm³/mol. The zero-order valence-corrected chi connectivity index (χ0v) is 13.7. The number of amides is 1. The first kappa shape index (κ1) is 16.8. The van der Waals surface area contributed by atoms with Gasteiger partial charge in [0, 0.05) is 16.5 Å². The Morgan fingerprint density at radius 3 is 2.62 bits per heavy atom. The first-order chi connectivity index (χ1) is 12.2. The van der Waals surface area contributed by atoms with Gasteiger partial charge in [-0.1, -0.05) is 35.9 Å². The lowest BCUT2D eigenvalue weighted by Gasteiger charge is -2.24. The number of benzene rings is 2. The van der Waals surface area contributed by atoms with Crippen molar-refractivity contribution in [1.82, 2.24) is 10.3 Å². The van der Waals surface area contributed by atoms with Crippen molar-refractivity contribution in [2.75, 3.05) is 0 Å². The van der Waals surface area contributed by atoms with Gasteiger partial charge in [-0.05, 0) is 24.3 Å². The van der Waals surface area contributed by atoms with Gasteiger partial charge < -0.3 is 10.4 Å². The average Bonchev–Trinajstić information content (AvgIpc) is 2.86. The van der Waals surface area contributed by atoms with E-state index in [1.807, 2.05) is 0 Å². The third-order valence-corrected chi connectivity index (χ3v) is 4.62. The van der Waals surface area contributed by atoms with Crippen LogP contribution in [0.4, 0.5) is 13.2 Å². The highest BCUT2D eigenvalue weighted by molar-refractivity contribution is 6.35.